The summed E-state index contributed by atoms with van der Waals surface area (Å²) in [5.41, 5.74) is -0.219. The molecule has 0 amide bonds. The second-order valence-electron chi connectivity index (χ2n) is 5.08. The maximum absolute atomic E-state index is 10.3. The van der Waals surface area contributed by atoms with Crippen LogP contribution in [0.5, 0.6) is 0 Å². The van der Waals surface area contributed by atoms with Crippen molar-refractivity contribution in [3.8, 4) is 0 Å². The number of allylic oxidation sites excluding steroid dienone is 1. The number of epoxide rings is 1. The van der Waals surface area contributed by atoms with Crippen molar-refractivity contribution in [1.82, 2.24) is 0 Å². The highest BCUT2D eigenvalue weighted by molar-refractivity contribution is 5.30. The number of hydrogen-bond acceptors (Lipinski definition) is 2. The summed E-state index contributed by atoms with van der Waals surface area (Å²) in [6.45, 7) is 3.82. The molecule has 2 heteroatoms. The van der Waals surface area contributed by atoms with E-state index in [1.54, 1.807) is 0 Å². The molecular formula is C13H18O2. The zero-order valence-corrected chi connectivity index (χ0v) is 8.98. The number of aliphatic hydroxyl groups is 1. The van der Waals surface area contributed by atoms with Gasteiger partial charge < -0.3 is 9.84 Å². The van der Waals surface area contributed by atoms with Crippen molar-refractivity contribution >= 4 is 0 Å². The number of aliphatic hydroxyl groups excluding tert-OH is 1. The maximum Gasteiger partial charge on any atom is 0.107 e. The molecule has 0 radical (unpaired) electrons. The Bertz CT molecular complexity index is 322. The lowest BCUT2D eigenvalue weighted by Gasteiger charge is -2.45. The Labute approximate surface area is 90.6 Å². The fraction of sp³-hybridized carbons (Fsp3) is 0.692. The van der Waals surface area contributed by atoms with Gasteiger partial charge in [-0.2, -0.15) is 0 Å². The quantitative estimate of drug-likeness (QED) is 0.555. The van der Waals surface area contributed by atoms with Gasteiger partial charge in [0.25, 0.3) is 0 Å². The van der Waals surface area contributed by atoms with Gasteiger partial charge in [0.2, 0.25) is 0 Å². The van der Waals surface area contributed by atoms with Gasteiger partial charge in [-0.3, -0.25) is 0 Å². The molecule has 82 valence electrons. The standard InChI is InChI=1S/C13H18O2/c1-2-7-12-8-4-6-11-13(12,15-11)9-3-5-10(12)14/h2,4,8,10-11,14H,1,3,5-7,9H2/t10-,11-,12-,13-/m1/s1. The van der Waals surface area contributed by atoms with Crippen molar-refractivity contribution in [1.29, 1.82) is 0 Å². The van der Waals surface area contributed by atoms with Gasteiger partial charge in [0, 0.05) is 5.41 Å². The third-order valence-electron chi connectivity index (χ3n) is 4.47. The molecule has 3 rings (SSSR count). The van der Waals surface area contributed by atoms with Crippen LogP contribution >= 0.6 is 0 Å². The summed E-state index contributed by atoms with van der Waals surface area (Å²) >= 11 is 0. The van der Waals surface area contributed by atoms with Crippen LogP contribution in [0.3, 0.4) is 0 Å². The molecule has 2 nitrogen and oxygen atoms in total. The van der Waals surface area contributed by atoms with Crippen LogP contribution in [0.25, 0.3) is 0 Å². The molecular weight excluding hydrogens is 188 g/mol. The minimum Gasteiger partial charge on any atom is -0.392 e. The van der Waals surface area contributed by atoms with Crippen molar-refractivity contribution in [2.75, 3.05) is 0 Å². The van der Waals surface area contributed by atoms with E-state index in [1.807, 2.05) is 6.08 Å². The molecule has 1 heterocycles. The molecule has 1 saturated carbocycles. The summed E-state index contributed by atoms with van der Waals surface area (Å²) in [6, 6.07) is 0. The van der Waals surface area contributed by atoms with Gasteiger partial charge in [-0.1, -0.05) is 18.2 Å². The van der Waals surface area contributed by atoms with E-state index in [9.17, 15) is 5.11 Å². The average molecular weight is 206 g/mol. The topological polar surface area (TPSA) is 32.8 Å². The van der Waals surface area contributed by atoms with Crippen LogP contribution in [-0.2, 0) is 4.74 Å². The van der Waals surface area contributed by atoms with E-state index in [1.165, 1.54) is 0 Å². The van der Waals surface area contributed by atoms with Gasteiger partial charge in [-0.25, -0.2) is 0 Å². The number of rotatable bonds is 2. The van der Waals surface area contributed by atoms with Crippen molar-refractivity contribution in [3.63, 3.8) is 0 Å². The van der Waals surface area contributed by atoms with E-state index in [4.69, 9.17) is 4.74 Å². The van der Waals surface area contributed by atoms with Gasteiger partial charge in [0.1, 0.15) is 5.60 Å². The summed E-state index contributed by atoms with van der Waals surface area (Å²) < 4.78 is 5.93. The van der Waals surface area contributed by atoms with Crippen molar-refractivity contribution in [2.24, 2.45) is 5.41 Å². The first-order chi connectivity index (χ1) is 7.25. The summed E-state index contributed by atoms with van der Waals surface area (Å²) in [5.74, 6) is 0. The Kier molecular flexibility index (Phi) is 1.89. The second-order valence-corrected chi connectivity index (χ2v) is 5.08. The van der Waals surface area contributed by atoms with E-state index < -0.39 is 0 Å². The fourth-order valence-corrected chi connectivity index (χ4v) is 3.69. The third-order valence-corrected chi connectivity index (χ3v) is 4.47. The first-order valence-corrected chi connectivity index (χ1v) is 5.90. The summed E-state index contributed by atoms with van der Waals surface area (Å²) in [6.07, 6.45) is 11.3. The highest BCUT2D eigenvalue weighted by Crippen LogP contribution is 2.64. The van der Waals surface area contributed by atoms with Crippen LogP contribution in [0.2, 0.25) is 0 Å². The largest absolute Gasteiger partial charge is 0.392 e. The smallest absolute Gasteiger partial charge is 0.107 e. The van der Waals surface area contributed by atoms with E-state index in [0.717, 1.165) is 32.1 Å². The van der Waals surface area contributed by atoms with Gasteiger partial charge in [-0.05, 0) is 32.1 Å². The van der Waals surface area contributed by atoms with Crippen LogP contribution in [-0.4, -0.2) is 22.9 Å². The molecule has 2 aliphatic carbocycles. The minimum atomic E-state index is -0.259. The minimum absolute atomic E-state index is 0.0480. The molecule has 15 heavy (non-hydrogen) atoms. The van der Waals surface area contributed by atoms with Crippen molar-refractivity contribution < 1.29 is 9.84 Å². The highest BCUT2D eigenvalue weighted by atomic mass is 16.6. The van der Waals surface area contributed by atoms with Gasteiger partial charge in [0.15, 0.2) is 0 Å². The first-order valence-electron chi connectivity index (χ1n) is 5.90. The summed E-state index contributed by atoms with van der Waals surface area (Å²) in [5, 5.41) is 10.3. The molecule has 1 N–H and O–H groups in total. The molecule has 3 aliphatic rings. The maximum atomic E-state index is 10.3. The zero-order chi connectivity index (χ0) is 10.5. The van der Waals surface area contributed by atoms with E-state index in [-0.39, 0.29) is 17.1 Å². The van der Waals surface area contributed by atoms with E-state index in [2.05, 4.69) is 18.7 Å². The lowest BCUT2D eigenvalue weighted by atomic mass is 9.59. The Morgan fingerprint density at radius 3 is 3.27 bits per heavy atom. The zero-order valence-electron chi connectivity index (χ0n) is 8.98. The normalized spacial score (nSPS) is 51.8. The van der Waals surface area contributed by atoms with Crippen molar-refractivity contribution in [2.45, 2.75) is 49.9 Å². The van der Waals surface area contributed by atoms with Crippen LogP contribution in [0.4, 0.5) is 0 Å². The van der Waals surface area contributed by atoms with Gasteiger partial charge in [0.05, 0.1) is 12.2 Å². The van der Waals surface area contributed by atoms with Crippen LogP contribution in [0, 0.1) is 5.41 Å². The third kappa shape index (κ3) is 1.02. The van der Waals surface area contributed by atoms with Gasteiger partial charge >= 0.3 is 0 Å². The predicted molar refractivity (Wildman–Crippen MR) is 58.5 cm³/mol. The Balaban J connectivity index is 2.04. The molecule has 4 atom stereocenters. The molecule has 0 aromatic heterocycles. The predicted octanol–water partition coefficient (Wildman–Crippen LogP) is 2.19. The monoisotopic (exact) mass is 206 g/mol. The Morgan fingerprint density at radius 1 is 1.60 bits per heavy atom. The molecule has 1 spiro atoms. The number of hydrogen-bond donors (Lipinski definition) is 1. The summed E-state index contributed by atoms with van der Waals surface area (Å²) in [4.78, 5) is 0. The van der Waals surface area contributed by atoms with Gasteiger partial charge in [-0.15, -0.1) is 6.58 Å². The fourth-order valence-electron chi connectivity index (χ4n) is 3.69. The molecule has 0 aromatic rings. The lowest BCUT2D eigenvalue weighted by molar-refractivity contribution is -0.0370. The van der Waals surface area contributed by atoms with Crippen LogP contribution in [0.15, 0.2) is 24.8 Å². The Hall–Kier alpha value is -0.600. The highest BCUT2D eigenvalue weighted by Gasteiger charge is 2.71. The van der Waals surface area contributed by atoms with Crippen LogP contribution in [0.1, 0.15) is 32.1 Å². The molecule has 1 saturated heterocycles. The average Bonchev–Trinajstić information content (AvgIpc) is 2.92. The first kappa shape index (κ1) is 9.61. The van der Waals surface area contributed by atoms with E-state index >= 15 is 0 Å². The number of ether oxygens (including phenoxy) is 1. The van der Waals surface area contributed by atoms with E-state index in [0.29, 0.717) is 6.10 Å². The molecule has 0 aromatic carbocycles. The van der Waals surface area contributed by atoms with Crippen LogP contribution < -0.4 is 0 Å². The molecule has 0 unspecified atom stereocenters. The second kappa shape index (κ2) is 2.96. The summed E-state index contributed by atoms with van der Waals surface area (Å²) in [7, 11) is 0. The SMILES string of the molecule is C=CC[C@]12C=CC[C@H]3O[C@]31CCC[C@H]2O. The van der Waals surface area contributed by atoms with Crippen molar-refractivity contribution in [3.05, 3.63) is 24.8 Å². The molecule has 1 aliphatic heterocycles. The molecule has 0 bridgehead atoms. The Morgan fingerprint density at radius 2 is 2.47 bits per heavy atom. The lowest BCUT2D eigenvalue weighted by Crippen LogP contribution is -2.51. The molecule has 2 fully saturated rings.